The standard InChI is InChI=1S/C20H24N4O2/c1-13-6-4-7-16(10-13)20(26)24-9-5-8-18(24)19-17(12-22-15(3)25)11-21-14(2)23-19/h4,6-7,10-11,18H,5,8-9,12H2,1-3H3,(H,22,25). The molecular weight excluding hydrogens is 328 g/mol. The van der Waals surface area contributed by atoms with Crippen LogP contribution in [0.4, 0.5) is 0 Å². The van der Waals surface area contributed by atoms with Gasteiger partial charge in [-0.25, -0.2) is 9.97 Å². The Kier molecular flexibility index (Phi) is 5.30. The summed E-state index contributed by atoms with van der Waals surface area (Å²) < 4.78 is 0. The molecule has 1 saturated heterocycles. The van der Waals surface area contributed by atoms with Gasteiger partial charge in [-0.2, -0.15) is 0 Å². The van der Waals surface area contributed by atoms with Gasteiger partial charge in [-0.15, -0.1) is 0 Å². The summed E-state index contributed by atoms with van der Waals surface area (Å²) in [7, 11) is 0. The molecule has 2 amide bonds. The number of carbonyl (C=O) groups excluding carboxylic acids is 2. The summed E-state index contributed by atoms with van der Waals surface area (Å²) in [6.07, 6.45) is 3.55. The van der Waals surface area contributed by atoms with Gasteiger partial charge in [0.1, 0.15) is 5.82 Å². The zero-order valence-electron chi connectivity index (χ0n) is 15.5. The molecular formula is C20H24N4O2. The molecule has 0 spiro atoms. The molecule has 1 aromatic carbocycles. The number of rotatable bonds is 4. The average Bonchev–Trinajstić information content (AvgIpc) is 3.09. The lowest BCUT2D eigenvalue weighted by Gasteiger charge is -2.26. The Morgan fingerprint density at radius 1 is 1.31 bits per heavy atom. The fourth-order valence-electron chi connectivity index (χ4n) is 3.39. The minimum atomic E-state index is -0.101. The van der Waals surface area contributed by atoms with Crippen LogP contribution in [0.3, 0.4) is 0 Å². The molecule has 2 heterocycles. The van der Waals surface area contributed by atoms with Gasteiger partial charge in [-0.05, 0) is 38.8 Å². The molecule has 0 saturated carbocycles. The summed E-state index contributed by atoms with van der Waals surface area (Å²) in [4.78, 5) is 35.1. The van der Waals surface area contributed by atoms with Crippen molar-refractivity contribution >= 4 is 11.8 Å². The molecule has 1 fully saturated rings. The van der Waals surface area contributed by atoms with Crippen LogP contribution in [0.2, 0.25) is 0 Å². The van der Waals surface area contributed by atoms with Crippen molar-refractivity contribution in [2.24, 2.45) is 0 Å². The van der Waals surface area contributed by atoms with Gasteiger partial charge in [-0.1, -0.05) is 17.7 Å². The number of nitrogens with zero attached hydrogens (tertiary/aromatic N) is 3. The highest BCUT2D eigenvalue weighted by molar-refractivity contribution is 5.94. The fraction of sp³-hybridized carbons (Fsp3) is 0.400. The number of nitrogens with one attached hydrogen (secondary N) is 1. The lowest BCUT2D eigenvalue weighted by atomic mass is 10.0. The Balaban J connectivity index is 1.91. The second-order valence-corrected chi connectivity index (χ2v) is 6.76. The van der Waals surface area contributed by atoms with E-state index in [-0.39, 0.29) is 17.9 Å². The molecule has 0 radical (unpaired) electrons. The normalized spacial score (nSPS) is 16.6. The quantitative estimate of drug-likeness (QED) is 0.918. The van der Waals surface area contributed by atoms with E-state index in [0.29, 0.717) is 24.5 Å². The average molecular weight is 352 g/mol. The highest BCUT2D eigenvalue weighted by atomic mass is 16.2. The van der Waals surface area contributed by atoms with Gasteiger partial charge in [0.2, 0.25) is 5.91 Å². The van der Waals surface area contributed by atoms with E-state index < -0.39 is 0 Å². The number of hydrogen-bond donors (Lipinski definition) is 1. The molecule has 0 aliphatic carbocycles. The maximum atomic E-state index is 13.1. The Morgan fingerprint density at radius 2 is 2.12 bits per heavy atom. The Bertz CT molecular complexity index is 834. The van der Waals surface area contributed by atoms with Crippen LogP contribution in [0.15, 0.2) is 30.5 Å². The molecule has 0 bridgehead atoms. The first-order valence-electron chi connectivity index (χ1n) is 8.90. The maximum Gasteiger partial charge on any atom is 0.254 e. The molecule has 1 N–H and O–H groups in total. The van der Waals surface area contributed by atoms with E-state index in [1.54, 1.807) is 6.20 Å². The van der Waals surface area contributed by atoms with Crippen molar-refractivity contribution in [1.29, 1.82) is 0 Å². The predicted molar refractivity (Wildman–Crippen MR) is 98.5 cm³/mol. The van der Waals surface area contributed by atoms with Crippen molar-refractivity contribution in [3.63, 3.8) is 0 Å². The Morgan fingerprint density at radius 3 is 2.85 bits per heavy atom. The highest BCUT2D eigenvalue weighted by Gasteiger charge is 2.33. The maximum absolute atomic E-state index is 13.1. The van der Waals surface area contributed by atoms with E-state index in [0.717, 1.165) is 29.7 Å². The van der Waals surface area contributed by atoms with Crippen LogP contribution in [0.25, 0.3) is 0 Å². The van der Waals surface area contributed by atoms with Crippen LogP contribution in [0.5, 0.6) is 0 Å². The van der Waals surface area contributed by atoms with Gasteiger partial charge in [0.25, 0.3) is 5.91 Å². The lowest BCUT2D eigenvalue weighted by molar-refractivity contribution is -0.119. The summed E-state index contributed by atoms with van der Waals surface area (Å²) in [5.74, 6) is 0.593. The van der Waals surface area contributed by atoms with Crippen molar-refractivity contribution in [3.8, 4) is 0 Å². The summed E-state index contributed by atoms with van der Waals surface area (Å²) in [6.45, 7) is 6.39. The predicted octanol–water partition coefficient (Wildman–Crippen LogP) is 2.71. The molecule has 2 aromatic rings. The van der Waals surface area contributed by atoms with Crippen LogP contribution in [0, 0.1) is 13.8 Å². The summed E-state index contributed by atoms with van der Waals surface area (Å²) in [5, 5.41) is 2.81. The van der Waals surface area contributed by atoms with Crippen molar-refractivity contribution in [1.82, 2.24) is 20.2 Å². The van der Waals surface area contributed by atoms with Gasteiger partial charge in [0.05, 0.1) is 11.7 Å². The van der Waals surface area contributed by atoms with Gasteiger partial charge in [-0.3, -0.25) is 9.59 Å². The number of hydrogen-bond acceptors (Lipinski definition) is 4. The van der Waals surface area contributed by atoms with Gasteiger partial charge >= 0.3 is 0 Å². The first-order valence-corrected chi connectivity index (χ1v) is 8.90. The van der Waals surface area contributed by atoms with Crippen LogP contribution in [-0.2, 0) is 11.3 Å². The SMILES string of the molecule is CC(=O)NCc1cnc(C)nc1C1CCCN1C(=O)c1cccc(C)c1. The van der Waals surface area contributed by atoms with Crippen molar-refractivity contribution in [2.75, 3.05) is 6.54 Å². The number of carbonyl (C=O) groups is 2. The molecule has 3 rings (SSSR count). The van der Waals surface area contributed by atoms with Crippen LogP contribution < -0.4 is 5.32 Å². The molecule has 136 valence electrons. The number of likely N-dealkylation sites (tertiary alicyclic amines) is 1. The Labute approximate surface area is 153 Å². The first-order chi connectivity index (χ1) is 12.5. The molecule has 1 atom stereocenters. The zero-order valence-corrected chi connectivity index (χ0v) is 15.5. The van der Waals surface area contributed by atoms with E-state index in [4.69, 9.17) is 0 Å². The van der Waals surface area contributed by atoms with Gasteiger partial charge in [0.15, 0.2) is 0 Å². The van der Waals surface area contributed by atoms with Gasteiger partial charge in [0, 0.05) is 37.3 Å². The highest BCUT2D eigenvalue weighted by Crippen LogP contribution is 2.34. The molecule has 6 nitrogen and oxygen atoms in total. The molecule has 1 unspecified atom stereocenters. The van der Waals surface area contributed by atoms with E-state index in [2.05, 4.69) is 15.3 Å². The second-order valence-electron chi connectivity index (χ2n) is 6.76. The number of aromatic nitrogens is 2. The molecule has 1 aromatic heterocycles. The largest absolute Gasteiger partial charge is 0.352 e. The summed E-state index contributed by atoms with van der Waals surface area (Å²) >= 11 is 0. The first kappa shape index (κ1) is 18.0. The van der Waals surface area contributed by atoms with Crippen molar-refractivity contribution in [3.05, 3.63) is 58.7 Å². The monoisotopic (exact) mass is 352 g/mol. The third-order valence-corrected chi connectivity index (χ3v) is 4.64. The topological polar surface area (TPSA) is 75.2 Å². The van der Waals surface area contributed by atoms with E-state index in [1.165, 1.54) is 6.92 Å². The molecule has 1 aliphatic rings. The minimum Gasteiger partial charge on any atom is -0.352 e. The zero-order chi connectivity index (χ0) is 18.7. The minimum absolute atomic E-state index is 0.0259. The number of benzene rings is 1. The number of amides is 2. The van der Waals surface area contributed by atoms with E-state index >= 15 is 0 Å². The number of aryl methyl sites for hydroxylation is 2. The third-order valence-electron chi connectivity index (χ3n) is 4.64. The summed E-state index contributed by atoms with van der Waals surface area (Å²) in [5.41, 5.74) is 3.46. The van der Waals surface area contributed by atoms with Crippen molar-refractivity contribution < 1.29 is 9.59 Å². The Hall–Kier alpha value is -2.76. The van der Waals surface area contributed by atoms with E-state index in [9.17, 15) is 9.59 Å². The fourth-order valence-corrected chi connectivity index (χ4v) is 3.39. The van der Waals surface area contributed by atoms with Crippen LogP contribution in [-0.4, -0.2) is 33.2 Å². The molecule has 1 aliphatic heterocycles. The van der Waals surface area contributed by atoms with Gasteiger partial charge < -0.3 is 10.2 Å². The molecule has 6 heteroatoms. The molecule has 26 heavy (non-hydrogen) atoms. The van der Waals surface area contributed by atoms with Crippen LogP contribution in [0.1, 0.15) is 58.8 Å². The van der Waals surface area contributed by atoms with Crippen molar-refractivity contribution in [2.45, 2.75) is 46.2 Å². The smallest absolute Gasteiger partial charge is 0.254 e. The van der Waals surface area contributed by atoms with Crippen LogP contribution >= 0.6 is 0 Å². The summed E-state index contributed by atoms with van der Waals surface area (Å²) in [6, 6.07) is 7.57. The van der Waals surface area contributed by atoms with E-state index in [1.807, 2.05) is 43.0 Å². The lowest BCUT2D eigenvalue weighted by Crippen LogP contribution is -2.32. The second kappa shape index (κ2) is 7.64. The third kappa shape index (κ3) is 3.90.